The van der Waals surface area contributed by atoms with E-state index in [0.29, 0.717) is 22.4 Å². The van der Waals surface area contributed by atoms with E-state index in [1.807, 2.05) is 42.7 Å². The van der Waals surface area contributed by atoms with Crippen molar-refractivity contribution in [2.45, 2.75) is 42.8 Å². The Labute approximate surface area is 217 Å². The van der Waals surface area contributed by atoms with Gasteiger partial charge in [0.25, 0.3) is 0 Å². The molecule has 35 heavy (non-hydrogen) atoms. The van der Waals surface area contributed by atoms with Crippen LogP contribution in [0, 0.1) is 0 Å². The van der Waals surface area contributed by atoms with Crippen molar-refractivity contribution in [3.05, 3.63) is 69.9 Å². The van der Waals surface area contributed by atoms with Gasteiger partial charge in [0, 0.05) is 33.9 Å². The van der Waals surface area contributed by atoms with E-state index in [0.717, 1.165) is 21.2 Å². The molecule has 0 saturated heterocycles. The number of ether oxygens (including phenoxy) is 1. The molecule has 9 nitrogen and oxygen atoms in total. The van der Waals surface area contributed by atoms with Crippen LogP contribution in [0.5, 0.6) is 0 Å². The number of alkyl carbamates (subject to hydrolysis) is 1. The lowest BCUT2D eigenvalue weighted by Crippen LogP contribution is -2.27. The van der Waals surface area contributed by atoms with Crippen molar-refractivity contribution in [1.82, 2.24) is 19.9 Å². The van der Waals surface area contributed by atoms with Crippen molar-refractivity contribution in [1.29, 1.82) is 0 Å². The van der Waals surface area contributed by atoms with E-state index in [1.165, 1.54) is 11.8 Å². The first-order valence-corrected chi connectivity index (χ1v) is 14.0. The summed E-state index contributed by atoms with van der Waals surface area (Å²) in [5, 5.41) is 4.23. The van der Waals surface area contributed by atoms with Gasteiger partial charge in [-0.3, -0.25) is 9.55 Å². The quantitative estimate of drug-likeness (QED) is 0.285. The zero-order valence-corrected chi connectivity index (χ0v) is 22.2. The lowest BCUT2D eigenvalue weighted by atomic mass is 10.1. The second-order valence-electron chi connectivity index (χ2n) is 7.91. The van der Waals surface area contributed by atoms with Gasteiger partial charge in [0.15, 0.2) is 6.61 Å². The Morgan fingerprint density at radius 3 is 2.46 bits per heavy atom. The number of amides is 1. The molecule has 0 spiro atoms. The monoisotopic (exact) mass is 558 g/mol. The molecular formula is C22H25Cl2N4O5PS. The number of carbonyl (C=O) groups excluding carboxylic acids is 1. The van der Waals surface area contributed by atoms with Gasteiger partial charge in [-0.1, -0.05) is 48.8 Å². The van der Waals surface area contributed by atoms with Gasteiger partial charge in [-0.15, -0.1) is 0 Å². The molecule has 3 rings (SSSR count). The number of rotatable bonds is 10. The number of hydrogen-bond donors (Lipinski definition) is 3. The largest absolute Gasteiger partial charge is 0.441 e. The predicted molar refractivity (Wildman–Crippen MR) is 135 cm³/mol. The first-order valence-electron chi connectivity index (χ1n) is 10.6. The van der Waals surface area contributed by atoms with Crippen LogP contribution >= 0.6 is 42.6 Å². The highest BCUT2D eigenvalue weighted by Gasteiger charge is 2.22. The molecule has 188 valence electrons. The summed E-state index contributed by atoms with van der Waals surface area (Å²) in [5.41, 5.74) is 1.80. The average molecular weight is 559 g/mol. The van der Waals surface area contributed by atoms with Crippen LogP contribution in [-0.4, -0.2) is 43.1 Å². The zero-order valence-electron chi connectivity index (χ0n) is 19.0. The summed E-state index contributed by atoms with van der Waals surface area (Å²) in [5.74, 6) is 0.591. The minimum Gasteiger partial charge on any atom is -0.441 e. The molecule has 3 N–H and O–H groups in total. The second-order valence-corrected chi connectivity index (χ2v) is 11.6. The number of aromatic nitrogens is 3. The van der Waals surface area contributed by atoms with E-state index in [-0.39, 0.29) is 19.1 Å². The second kappa shape index (κ2) is 12.3. The minimum atomic E-state index is -4.21. The van der Waals surface area contributed by atoms with Crippen LogP contribution in [0.4, 0.5) is 4.79 Å². The van der Waals surface area contributed by atoms with Crippen LogP contribution < -0.4 is 5.32 Å². The number of imidazole rings is 1. The number of pyridine rings is 1. The third kappa shape index (κ3) is 8.52. The fraction of sp³-hybridized carbons (Fsp3) is 0.318. The molecule has 0 fully saturated rings. The summed E-state index contributed by atoms with van der Waals surface area (Å²) in [4.78, 5) is 39.6. The molecule has 0 unspecified atom stereocenters. The van der Waals surface area contributed by atoms with Crippen molar-refractivity contribution >= 4 is 48.7 Å². The third-order valence-electron chi connectivity index (χ3n) is 4.72. The lowest BCUT2D eigenvalue weighted by Gasteiger charge is -2.14. The number of nitrogens with zero attached hydrogens (tertiary/aromatic N) is 3. The molecule has 1 amide bonds. The summed E-state index contributed by atoms with van der Waals surface area (Å²) in [7, 11) is -4.21. The zero-order chi connectivity index (χ0) is 25.6. The molecule has 2 aromatic heterocycles. The summed E-state index contributed by atoms with van der Waals surface area (Å²) >= 11 is 13.9. The molecule has 0 aliphatic rings. The van der Waals surface area contributed by atoms with E-state index < -0.39 is 19.9 Å². The van der Waals surface area contributed by atoms with Crippen LogP contribution in [-0.2, 0) is 22.5 Å². The number of hydrogen-bond acceptors (Lipinski definition) is 6. The van der Waals surface area contributed by atoms with E-state index in [1.54, 1.807) is 18.5 Å². The Morgan fingerprint density at radius 1 is 1.20 bits per heavy atom. The van der Waals surface area contributed by atoms with Gasteiger partial charge in [0.2, 0.25) is 0 Å². The van der Waals surface area contributed by atoms with Gasteiger partial charge in [-0.25, -0.2) is 9.78 Å². The molecule has 3 aromatic rings. The number of benzene rings is 1. The van der Waals surface area contributed by atoms with Crippen molar-refractivity contribution in [2.75, 3.05) is 12.7 Å². The van der Waals surface area contributed by atoms with Crippen molar-refractivity contribution in [3.8, 4) is 0 Å². The highest BCUT2D eigenvalue weighted by molar-refractivity contribution is 7.99. The number of nitrogens with one attached hydrogen (secondary N) is 1. The third-order valence-corrected chi connectivity index (χ3v) is 7.05. The van der Waals surface area contributed by atoms with Gasteiger partial charge in [0.1, 0.15) is 10.9 Å². The van der Waals surface area contributed by atoms with Crippen LogP contribution in [0.2, 0.25) is 10.0 Å². The molecule has 1 aromatic carbocycles. The first kappa shape index (κ1) is 27.5. The van der Waals surface area contributed by atoms with Crippen molar-refractivity contribution in [3.63, 3.8) is 0 Å². The van der Waals surface area contributed by atoms with Crippen molar-refractivity contribution < 1.29 is 23.9 Å². The Hall–Kier alpha value is -2.07. The maximum absolute atomic E-state index is 12.1. The highest BCUT2D eigenvalue weighted by atomic mass is 35.5. The van der Waals surface area contributed by atoms with Gasteiger partial charge in [-0.05, 0) is 41.8 Å². The fourth-order valence-corrected chi connectivity index (χ4v) is 5.43. The Balaban J connectivity index is 1.90. The van der Waals surface area contributed by atoms with E-state index in [9.17, 15) is 9.36 Å². The molecular weight excluding hydrogens is 534 g/mol. The van der Waals surface area contributed by atoms with E-state index >= 15 is 0 Å². The molecule has 0 aliphatic carbocycles. The van der Waals surface area contributed by atoms with Crippen LogP contribution in [0.25, 0.3) is 0 Å². The first-order chi connectivity index (χ1) is 16.5. The topological polar surface area (TPSA) is 127 Å². The normalized spacial score (nSPS) is 11.6. The van der Waals surface area contributed by atoms with Gasteiger partial charge in [-0.2, -0.15) is 0 Å². The van der Waals surface area contributed by atoms with Crippen LogP contribution in [0.1, 0.15) is 36.8 Å². The highest BCUT2D eigenvalue weighted by Crippen LogP contribution is 2.37. The summed E-state index contributed by atoms with van der Waals surface area (Å²) < 4.78 is 18.2. The number of carbonyl (C=O) groups is 1. The number of halogens is 2. The smallest absolute Gasteiger partial charge is 0.407 e. The van der Waals surface area contributed by atoms with Crippen molar-refractivity contribution in [2.24, 2.45) is 0 Å². The van der Waals surface area contributed by atoms with E-state index in [4.69, 9.17) is 42.7 Å². The summed E-state index contributed by atoms with van der Waals surface area (Å²) in [6.07, 6.45) is 2.13. The van der Waals surface area contributed by atoms with E-state index in [2.05, 4.69) is 10.3 Å². The molecule has 0 radical (unpaired) electrons. The Morgan fingerprint density at radius 2 is 1.86 bits per heavy atom. The standard InChI is InChI=1S/C22H25Cl2N4O5PS/c1-14(2)20-21(35-18-10-16(23)9-17(24)11-18)28(12-15-3-5-25-6-4-15)19(27-20)13-33-22(29)26-7-8-34(30,31)32/h3-6,9-11,14H,7-8,12-13H2,1-2H3,(H,26,29)(H2,30,31,32). The Kier molecular flexibility index (Phi) is 9.63. The van der Waals surface area contributed by atoms with Gasteiger partial charge in [0.05, 0.1) is 18.4 Å². The fourth-order valence-electron chi connectivity index (χ4n) is 3.11. The molecule has 2 heterocycles. The molecule has 0 bridgehead atoms. The van der Waals surface area contributed by atoms with Crippen LogP contribution in [0.3, 0.4) is 0 Å². The predicted octanol–water partition coefficient (Wildman–Crippen LogP) is 5.31. The summed E-state index contributed by atoms with van der Waals surface area (Å²) in [6.45, 7) is 4.16. The molecule has 0 saturated carbocycles. The van der Waals surface area contributed by atoms with Gasteiger partial charge < -0.3 is 24.4 Å². The lowest BCUT2D eigenvalue weighted by molar-refractivity contribution is 0.136. The molecule has 13 heteroatoms. The Bertz CT molecular complexity index is 1200. The summed E-state index contributed by atoms with van der Waals surface area (Å²) in [6, 6.07) is 9.07. The SMILES string of the molecule is CC(C)c1nc(COC(=O)NCCP(=O)(O)O)n(Cc2ccncc2)c1Sc1cc(Cl)cc(Cl)c1. The maximum atomic E-state index is 12.1. The molecule has 0 atom stereocenters. The average Bonchev–Trinajstić information content (AvgIpc) is 3.08. The minimum absolute atomic E-state index is 0.0710. The van der Waals surface area contributed by atoms with Gasteiger partial charge >= 0.3 is 13.7 Å². The maximum Gasteiger partial charge on any atom is 0.407 e. The van der Waals surface area contributed by atoms with Crippen LogP contribution in [0.15, 0.2) is 52.6 Å². The molecule has 0 aliphatic heterocycles.